The van der Waals surface area contributed by atoms with E-state index < -0.39 is 0 Å². The Hall–Kier alpha value is -2.14. The molecule has 0 fully saturated rings. The second-order valence-corrected chi connectivity index (χ2v) is 5.17. The minimum absolute atomic E-state index is 0.00195. The number of benzene rings is 1. The van der Waals surface area contributed by atoms with Gasteiger partial charge in [0.05, 0.1) is 11.8 Å². The number of rotatable bonds is 1. The first-order chi connectivity index (χ1) is 9.66. The van der Waals surface area contributed by atoms with E-state index in [2.05, 4.69) is 5.10 Å². The SMILES string of the molecule is Cn1cc(C(=O)N2CCCC(N)c3ccccc32)cn1. The largest absolute Gasteiger partial charge is 0.324 e. The molecule has 0 spiro atoms. The van der Waals surface area contributed by atoms with Crippen molar-refractivity contribution in [2.75, 3.05) is 11.4 Å². The molecule has 1 aromatic heterocycles. The molecule has 1 unspecified atom stereocenters. The number of fused-ring (bicyclic) bond motifs is 1. The number of aryl methyl sites for hydroxylation is 1. The minimum atomic E-state index is -0.0142. The van der Waals surface area contributed by atoms with Crippen LogP contribution >= 0.6 is 0 Å². The van der Waals surface area contributed by atoms with Gasteiger partial charge in [-0.2, -0.15) is 5.10 Å². The third-order valence-electron chi connectivity index (χ3n) is 3.72. The van der Waals surface area contributed by atoms with Crippen LogP contribution in [0.2, 0.25) is 0 Å². The van der Waals surface area contributed by atoms with E-state index in [1.165, 1.54) is 0 Å². The first kappa shape index (κ1) is 12.9. The summed E-state index contributed by atoms with van der Waals surface area (Å²) in [5, 5.41) is 4.07. The van der Waals surface area contributed by atoms with Crippen molar-refractivity contribution in [3.05, 3.63) is 47.8 Å². The Kier molecular flexibility index (Phi) is 3.28. The molecule has 2 N–H and O–H groups in total. The first-order valence-corrected chi connectivity index (χ1v) is 6.82. The molecule has 1 aliphatic heterocycles. The normalized spacial score (nSPS) is 18.5. The van der Waals surface area contributed by atoms with Crippen molar-refractivity contribution >= 4 is 11.6 Å². The van der Waals surface area contributed by atoms with Gasteiger partial charge in [-0.05, 0) is 24.5 Å². The number of para-hydroxylation sites is 1. The molecule has 104 valence electrons. The fourth-order valence-electron chi connectivity index (χ4n) is 2.69. The standard InChI is InChI=1S/C15H18N4O/c1-18-10-11(9-17-18)15(20)19-8-4-6-13(16)12-5-2-3-7-14(12)19/h2-3,5,7,9-10,13H,4,6,8,16H2,1H3. The highest BCUT2D eigenvalue weighted by Gasteiger charge is 2.25. The van der Waals surface area contributed by atoms with Crippen LogP contribution in [-0.4, -0.2) is 22.2 Å². The van der Waals surface area contributed by atoms with Gasteiger partial charge in [-0.25, -0.2) is 0 Å². The summed E-state index contributed by atoms with van der Waals surface area (Å²) in [6.45, 7) is 0.693. The summed E-state index contributed by atoms with van der Waals surface area (Å²) in [7, 11) is 1.81. The number of nitrogens with zero attached hydrogens (tertiary/aromatic N) is 3. The zero-order valence-corrected chi connectivity index (χ0v) is 11.5. The van der Waals surface area contributed by atoms with Crippen LogP contribution in [0, 0.1) is 0 Å². The summed E-state index contributed by atoms with van der Waals surface area (Å²) in [4.78, 5) is 14.5. The zero-order chi connectivity index (χ0) is 14.1. The predicted octanol–water partition coefficient (Wildman–Crippen LogP) is 1.86. The second kappa shape index (κ2) is 5.09. The van der Waals surface area contributed by atoms with Gasteiger partial charge in [0.1, 0.15) is 0 Å². The fraction of sp³-hybridized carbons (Fsp3) is 0.333. The molecule has 0 saturated heterocycles. The fourth-order valence-corrected chi connectivity index (χ4v) is 2.69. The van der Waals surface area contributed by atoms with Crippen molar-refractivity contribution in [2.24, 2.45) is 12.8 Å². The van der Waals surface area contributed by atoms with E-state index >= 15 is 0 Å². The Morgan fingerprint density at radius 1 is 1.40 bits per heavy atom. The van der Waals surface area contributed by atoms with Gasteiger partial charge < -0.3 is 10.6 Å². The maximum Gasteiger partial charge on any atom is 0.261 e. The molecular weight excluding hydrogens is 252 g/mol. The maximum absolute atomic E-state index is 12.7. The lowest BCUT2D eigenvalue weighted by Gasteiger charge is -2.22. The van der Waals surface area contributed by atoms with E-state index in [0.717, 1.165) is 24.1 Å². The Balaban J connectivity index is 2.01. The van der Waals surface area contributed by atoms with Crippen molar-refractivity contribution in [2.45, 2.75) is 18.9 Å². The highest BCUT2D eigenvalue weighted by molar-refractivity contribution is 6.06. The molecule has 1 atom stereocenters. The molecule has 0 saturated carbocycles. The third kappa shape index (κ3) is 2.20. The molecule has 1 amide bonds. The Morgan fingerprint density at radius 3 is 2.95 bits per heavy atom. The van der Waals surface area contributed by atoms with Crippen LogP contribution in [0.3, 0.4) is 0 Å². The van der Waals surface area contributed by atoms with E-state index in [0.29, 0.717) is 12.1 Å². The van der Waals surface area contributed by atoms with Gasteiger partial charge in [-0.1, -0.05) is 18.2 Å². The maximum atomic E-state index is 12.7. The van der Waals surface area contributed by atoms with Crippen LogP contribution in [0.4, 0.5) is 5.69 Å². The molecule has 0 radical (unpaired) electrons. The van der Waals surface area contributed by atoms with Crippen molar-refractivity contribution in [1.82, 2.24) is 9.78 Å². The number of amides is 1. The van der Waals surface area contributed by atoms with Crippen LogP contribution < -0.4 is 10.6 Å². The summed E-state index contributed by atoms with van der Waals surface area (Å²) in [5.74, 6) is -0.0142. The third-order valence-corrected chi connectivity index (χ3v) is 3.72. The Bertz CT molecular complexity index is 634. The summed E-state index contributed by atoms with van der Waals surface area (Å²) in [6.07, 6.45) is 5.15. The highest BCUT2D eigenvalue weighted by Crippen LogP contribution is 2.32. The lowest BCUT2D eigenvalue weighted by molar-refractivity contribution is 0.0987. The number of carbonyl (C=O) groups excluding carboxylic acids is 1. The summed E-state index contributed by atoms with van der Waals surface area (Å²) in [6, 6.07) is 7.89. The van der Waals surface area contributed by atoms with Gasteiger partial charge in [0.2, 0.25) is 0 Å². The van der Waals surface area contributed by atoms with Crippen LogP contribution in [0.1, 0.15) is 34.8 Å². The van der Waals surface area contributed by atoms with Crippen molar-refractivity contribution in [3.8, 4) is 0 Å². The van der Waals surface area contributed by atoms with Gasteiger partial charge in [0.25, 0.3) is 5.91 Å². The molecular formula is C15H18N4O. The second-order valence-electron chi connectivity index (χ2n) is 5.17. The van der Waals surface area contributed by atoms with Gasteiger partial charge in [-0.3, -0.25) is 9.48 Å². The van der Waals surface area contributed by atoms with E-state index in [1.807, 2.05) is 36.2 Å². The summed E-state index contributed by atoms with van der Waals surface area (Å²) < 4.78 is 1.64. The van der Waals surface area contributed by atoms with E-state index in [9.17, 15) is 4.79 Å². The molecule has 0 bridgehead atoms. The quantitative estimate of drug-likeness (QED) is 0.860. The van der Waals surface area contributed by atoms with E-state index in [1.54, 1.807) is 17.1 Å². The molecule has 2 aromatic rings. The van der Waals surface area contributed by atoms with Gasteiger partial charge >= 0.3 is 0 Å². The van der Waals surface area contributed by atoms with Gasteiger partial charge in [0.15, 0.2) is 0 Å². The average molecular weight is 270 g/mol. The predicted molar refractivity (Wildman–Crippen MR) is 77.5 cm³/mol. The number of aromatic nitrogens is 2. The van der Waals surface area contributed by atoms with Gasteiger partial charge in [0, 0.05) is 31.5 Å². The van der Waals surface area contributed by atoms with E-state index in [4.69, 9.17) is 5.73 Å². The van der Waals surface area contributed by atoms with Crippen LogP contribution in [0.5, 0.6) is 0 Å². The van der Waals surface area contributed by atoms with Crippen molar-refractivity contribution in [3.63, 3.8) is 0 Å². The molecule has 5 nitrogen and oxygen atoms in total. The molecule has 2 heterocycles. The van der Waals surface area contributed by atoms with Crippen molar-refractivity contribution in [1.29, 1.82) is 0 Å². The van der Waals surface area contributed by atoms with Crippen LogP contribution in [0.25, 0.3) is 0 Å². The monoisotopic (exact) mass is 270 g/mol. The zero-order valence-electron chi connectivity index (χ0n) is 11.5. The summed E-state index contributed by atoms with van der Waals surface area (Å²) in [5.41, 5.74) is 8.77. The number of anilines is 1. The van der Waals surface area contributed by atoms with Crippen molar-refractivity contribution < 1.29 is 4.79 Å². The molecule has 5 heteroatoms. The first-order valence-electron chi connectivity index (χ1n) is 6.82. The number of hydrogen-bond donors (Lipinski definition) is 1. The molecule has 1 aromatic carbocycles. The van der Waals surface area contributed by atoms with E-state index in [-0.39, 0.29) is 11.9 Å². The summed E-state index contributed by atoms with van der Waals surface area (Å²) >= 11 is 0. The average Bonchev–Trinajstić information content (AvgIpc) is 2.82. The van der Waals surface area contributed by atoms with Crippen LogP contribution in [-0.2, 0) is 7.05 Å². The smallest absolute Gasteiger partial charge is 0.261 e. The Morgan fingerprint density at radius 2 is 2.20 bits per heavy atom. The number of nitrogens with two attached hydrogens (primary N) is 1. The minimum Gasteiger partial charge on any atom is -0.324 e. The lowest BCUT2D eigenvalue weighted by Crippen LogP contribution is -2.31. The Labute approximate surface area is 118 Å². The molecule has 1 aliphatic rings. The lowest BCUT2D eigenvalue weighted by atomic mass is 10.0. The van der Waals surface area contributed by atoms with Gasteiger partial charge in [-0.15, -0.1) is 0 Å². The number of hydrogen-bond acceptors (Lipinski definition) is 3. The molecule has 0 aliphatic carbocycles. The topological polar surface area (TPSA) is 64.2 Å². The highest BCUT2D eigenvalue weighted by atomic mass is 16.2. The molecule has 20 heavy (non-hydrogen) atoms. The number of carbonyl (C=O) groups is 1. The van der Waals surface area contributed by atoms with Crippen LogP contribution in [0.15, 0.2) is 36.7 Å². The molecule has 3 rings (SSSR count).